The molecular weight excluding hydrogens is 310 g/mol. The predicted octanol–water partition coefficient (Wildman–Crippen LogP) is 2.78. The van der Waals surface area contributed by atoms with Gasteiger partial charge < -0.3 is 14.2 Å². The summed E-state index contributed by atoms with van der Waals surface area (Å²) in [6.45, 7) is -1.35. The lowest BCUT2D eigenvalue weighted by Crippen LogP contribution is -2.13. The molecule has 0 saturated carbocycles. The number of alkyl halides is 2. The molecule has 0 N–H and O–H groups in total. The van der Waals surface area contributed by atoms with Crippen LogP contribution in [0.15, 0.2) is 30.5 Å². The van der Waals surface area contributed by atoms with Gasteiger partial charge in [0.2, 0.25) is 5.88 Å². The highest BCUT2D eigenvalue weighted by Gasteiger charge is 2.19. The Morgan fingerprint density at radius 3 is 2.74 bits per heavy atom. The van der Waals surface area contributed by atoms with Crippen molar-refractivity contribution in [3.8, 4) is 11.6 Å². The van der Waals surface area contributed by atoms with Crippen LogP contribution in [0.4, 0.5) is 8.78 Å². The molecule has 1 aromatic heterocycles. The van der Waals surface area contributed by atoms with Crippen molar-refractivity contribution in [3.05, 3.63) is 41.6 Å². The van der Waals surface area contributed by atoms with E-state index in [1.165, 1.54) is 22.9 Å². The second-order valence-electron chi connectivity index (χ2n) is 4.50. The van der Waals surface area contributed by atoms with Crippen LogP contribution in [0, 0.1) is 0 Å². The Labute approximate surface area is 131 Å². The lowest BCUT2D eigenvalue weighted by Gasteiger charge is -2.14. The van der Waals surface area contributed by atoms with Gasteiger partial charge in [0.15, 0.2) is 0 Å². The fraction of sp³-hybridized carbons (Fsp3) is 0.333. The Morgan fingerprint density at radius 2 is 2.13 bits per heavy atom. The van der Waals surface area contributed by atoms with Gasteiger partial charge >= 0.3 is 12.6 Å². The van der Waals surface area contributed by atoms with Gasteiger partial charge in [0, 0.05) is 24.9 Å². The van der Waals surface area contributed by atoms with Crippen molar-refractivity contribution in [2.75, 3.05) is 6.61 Å². The highest BCUT2D eigenvalue weighted by atomic mass is 19.3. The van der Waals surface area contributed by atoms with Crippen molar-refractivity contribution in [3.63, 3.8) is 0 Å². The zero-order chi connectivity index (χ0) is 16.8. The summed E-state index contributed by atoms with van der Waals surface area (Å²) >= 11 is 0. The molecule has 0 aliphatic rings. The number of rotatable bonds is 7. The van der Waals surface area contributed by atoms with Crippen LogP contribution >= 0.6 is 0 Å². The molecule has 0 aliphatic heterocycles. The van der Waals surface area contributed by atoms with Gasteiger partial charge in [-0.05, 0) is 19.1 Å². The number of carbonyl (C=O) groups excluding carboxylic acids is 1. The molecule has 1 aromatic carbocycles. The van der Waals surface area contributed by atoms with Gasteiger partial charge in [0.1, 0.15) is 12.4 Å². The summed E-state index contributed by atoms with van der Waals surface area (Å²) in [4.78, 5) is 12.0. The van der Waals surface area contributed by atoms with Crippen LogP contribution in [0.3, 0.4) is 0 Å². The molecule has 0 radical (unpaired) electrons. The minimum absolute atomic E-state index is 0.112. The number of aromatic nitrogens is 2. The Balaban J connectivity index is 2.29. The van der Waals surface area contributed by atoms with Crippen molar-refractivity contribution in [1.82, 2.24) is 9.78 Å². The van der Waals surface area contributed by atoms with Crippen LogP contribution in [-0.2, 0) is 18.4 Å². The van der Waals surface area contributed by atoms with E-state index in [2.05, 4.69) is 9.84 Å². The molecule has 8 heteroatoms. The van der Waals surface area contributed by atoms with E-state index >= 15 is 0 Å². The molecular formula is C15H16F2N2O4. The Bertz CT molecular complexity index is 673. The van der Waals surface area contributed by atoms with Crippen molar-refractivity contribution in [1.29, 1.82) is 0 Å². The summed E-state index contributed by atoms with van der Waals surface area (Å²) in [7, 11) is 1.71. The van der Waals surface area contributed by atoms with E-state index in [-0.39, 0.29) is 30.1 Å². The first-order valence-electron chi connectivity index (χ1n) is 6.87. The molecule has 0 fully saturated rings. The standard InChI is InChI=1S/C15H16F2N2O4/c1-3-21-14(20)10-5-4-6-12(23-15(16)17)11(10)9-22-13-7-8-19(2)18-13/h4-8,15H,3,9H2,1-2H3. The quantitative estimate of drug-likeness (QED) is 0.732. The van der Waals surface area contributed by atoms with E-state index in [1.54, 1.807) is 26.2 Å². The highest BCUT2D eigenvalue weighted by molar-refractivity contribution is 5.91. The van der Waals surface area contributed by atoms with Gasteiger partial charge in [-0.2, -0.15) is 8.78 Å². The molecule has 1 heterocycles. The number of carbonyl (C=O) groups is 1. The van der Waals surface area contributed by atoms with Crippen molar-refractivity contribution in [2.24, 2.45) is 7.05 Å². The number of aryl methyl sites for hydroxylation is 1. The van der Waals surface area contributed by atoms with Gasteiger partial charge in [-0.15, -0.1) is 5.10 Å². The van der Waals surface area contributed by atoms with Gasteiger partial charge in [-0.3, -0.25) is 4.68 Å². The minimum atomic E-state index is -3.01. The summed E-state index contributed by atoms with van der Waals surface area (Å²) in [6, 6.07) is 5.86. The molecule has 124 valence electrons. The summed E-state index contributed by atoms with van der Waals surface area (Å²) in [5.41, 5.74) is 0.290. The maximum Gasteiger partial charge on any atom is 0.387 e. The fourth-order valence-corrected chi connectivity index (χ4v) is 1.94. The molecule has 23 heavy (non-hydrogen) atoms. The molecule has 0 unspecified atom stereocenters. The molecule has 2 rings (SSSR count). The lowest BCUT2D eigenvalue weighted by atomic mass is 10.1. The average Bonchev–Trinajstić information content (AvgIpc) is 2.91. The van der Waals surface area contributed by atoms with E-state index in [1.807, 2.05) is 0 Å². The number of hydrogen-bond acceptors (Lipinski definition) is 5. The van der Waals surface area contributed by atoms with Crippen molar-refractivity contribution < 1.29 is 27.8 Å². The topological polar surface area (TPSA) is 62.6 Å². The molecule has 6 nitrogen and oxygen atoms in total. The first kappa shape index (κ1) is 16.7. The Kier molecular flexibility index (Phi) is 5.51. The maximum absolute atomic E-state index is 12.6. The number of hydrogen-bond donors (Lipinski definition) is 0. The molecule has 2 aromatic rings. The van der Waals surface area contributed by atoms with Gasteiger partial charge in [0.05, 0.1) is 12.2 Å². The van der Waals surface area contributed by atoms with Gasteiger partial charge in [0.25, 0.3) is 0 Å². The first-order valence-corrected chi connectivity index (χ1v) is 6.87. The van der Waals surface area contributed by atoms with Gasteiger partial charge in [-0.25, -0.2) is 4.79 Å². The van der Waals surface area contributed by atoms with E-state index < -0.39 is 12.6 Å². The number of ether oxygens (including phenoxy) is 3. The van der Waals surface area contributed by atoms with Crippen molar-refractivity contribution in [2.45, 2.75) is 20.1 Å². The van der Waals surface area contributed by atoms with Crippen LogP contribution < -0.4 is 9.47 Å². The molecule has 0 bridgehead atoms. The summed E-state index contributed by atoms with van der Waals surface area (Å²) in [5.74, 6) is -0.470. The molecule has 0 atom stereocenters. The highest BCUT2D eigenvalue weighted by Crippen LogP contribution is 2.26. The molecule has 0 aliphatic carbocycles. The fourth-order valence-electron chi connectivity index (χ4n) is 1.94. The molecule has 0 amide bonds. The third-order valence-electron chi connectivity index (χ3n) is 2.90. The zero-order valence-electron chi connectivity index (χ0n) is 12.7. The van der Waals surface area contributed by atoms with Crippen LogP contribution in [0.25, 0.3) is 0 Å². The first-order chi connectivity index (χ1) is 11.0. The monoisotopic (exact) mass is 326 g/mol. The maximum atomic E-state index is 12.6. The van der Waals surface area contributed by atoms with E-state index in [4.69, 9.17) is 9.47 Å². The average molecular weight is 326 g/mol. The third-order valence-corrected chi connectivity index (χ3v) is 2.90. The number of benzene rings is 1. The SMILES string of the molecule is CCOC(=O)c1cccc(OC(F)F)c1COc1ccn(C)n1. The smallest absolute Gasteiger partial charge is 0.387 e. The summed E-state index contributed by atoms with van der Waals surface area (Å²) < 4.78 is 41.5. The van der Waals surface area contributed by atoms with E-state index in [9.17, 15) is 13.6 Å². The second-order valence-corrected chi connectivity index (χ2v) is 4.50. The predicted molar refractivity (Wildman–Crippen MR) is 76.6 cm³/mol. The van der Waals surface area contributed by atoms with E-state index in [0.29, 0.717) is 5.88 Å². The number of nitrogens with zero attached hydrogens (tertiary/aromatic N) is 2. The number of esters is 1. The summed E-state index contributed by atoms with van der Waals surface area (Å²) in [5, 5.41) is 4.02. The van der Waals surface area contributed by atoms with Gasteiger partial charge in [-0.1, -0.05) is 6.07 Å². The zero-order valence-corrected chi connectivity index (χ0v) is 12.7. The van der Waals surface area contributed by atoms with Crippen molar-refractivity contribution >= 4 is 5.97 Å². The molecule has 0 saturated heterocycles. The van der Waals surface area contributed by atoms with Crippen LogP contribution in [0.1, 0.15) is 22.8 Å². The van der Waals surface area contributed by atoms with Crippen LogP contribution in [0.5, 0.6) is 11.6 Å². The Hall–Kier alpha value is -2.64. The summed E-state index contributed by atoms with van der Waals surface area (Å²) in [6.07, 6.45) is 1.67. The lowest BCUT2D eigenvalue weighted by molar-refractivity contribution is -0.0509. The van der Waals surface area contributed by atoms with E-state index in [0.717, 1.165) is 0 Å². The second kappa shape index (κ2) is 7.57. The number of halogens is 2. The normalized spacial score (nSPS) is 10.7. The third kappa shape index (κ3) is 4.41. The van der Waals surface area contributed by atoms with Crippen LogP contribution in [0.2, 0.25) is 0 Å². The molecule has 0 spiro atoms. The largest absolute Gasteiger partial charge is 0.472 e. The minimum Gasteiger partial charge on any atom is -0.472 e. The Morgan fingerprint density at radius 1 is 1.35 bits per heavy atom. The van der Waals surface area contributed by atoms with Crippen LogP contribution in [-0.4, -0.2) is 29.0 Å².